The first kappa shape index (κ1) is 13.7. The van der Waals surface area contributed by atoms with Gasteiger partial charge in [0.15, 0.2) is 0 Å². The zero-order chi connectivity index (χ0) is 14.9. The highest BCUT2D eigenvalue weighted by Crippen LogP contribution is 2.20. The van der Waals surface area contributed by atoms with Crippen molar-refractivity contribution in [2.24, 2.45) is 0 Å². The van der Waals surface area contributed by atoms with E-state index < -0.39 is 17.7 Å². The number of carboxylic acid groups (broad SMARTS) is 1. The lowest BCUT2D eigenvalue weighted by atomic mass is 10.1. The molecule has 0 unspecified atom stereocenters. The van der Waals surface area contributed by atoms with Gasteiger partial charge in [-0.2, -0.15) is 0 Å². The van der Waals surface area contributed by atoms with Gasteiger partial charge in [-0.05, 0) is 32.0 Å². The number of carboxylic acids is 1. The maximum atomic E-state index is 13.2. The summed E-state index contributed by atoms with van der Waals surface area (Å²) < 4.78 is 18.0. The molecule has 0 atom stereocenters. The van der Waals surface area contributed by atoms with Crippen LogP contribution >= 0.6 is 0 Å². The van der Waals surface area contributed by atoms with Crippen LogP contribution in [0.4, 0.5) is 10.1 Å². The van der Waals surface area contributed by atoms with E-state index in [1.165, 1.54) is 0 Å². The topological polar surface area (TPSA) is 92.4 Å². The van der Waals surface area contributed by atoms with Gasteiger partial charge >= 0.3 is 5.97 Å². The van der Waals surface area contributed by atoms with Crippen molar-refractivity contribution in [1.82, 2.24) is 5.16 Å². The summed E-state index contributed by atoms with van der Waals surface area (Å²) in [5.74, 6) is -2.22. The molecule has 0 bridgehead atoms. The number of hydrogen-bond acceptors (Lipinski definition) is 4. The van der Waals surface area contributed by atoms with E-state index in [0.717, 1.165) is 18.2 Å². The molecule has 0 aliphatic heterocycles. The minimum absolute atomic E-state index is 0.123. The number of halogens is 1. The van der Waals surface area contributed by atoms with Crippen LogP contribution in [0.5, 0.6) is 0 Å². The Balaban J connectivity index is 2.37. The molecule has 2 rings (SSSR count). The third-order valence-electron chi connectivity index (χ3n) is 2.72. The molecule has 0 saturated heterocycles. The van der Waals surface area contributed by atoms with Crippen LogP contribution < -0.4 is 5.32 Å². The first-order valence-electron chi connectivity index (χ1n) is 5.67. The van der Waals surface area contributed by atoms with Crippen molar-refractivity contribution in [2.45, 2.75) is 13.8 Å². The molecule has 0 aliphatic rings. The first-order valence-corrected chi connectivity index (χ1v) is 5.67. The Hall–Kier alpha value is -2.70. The van der Waals surface area contributed by atoms with Gasteiger partial charge in [-0.15, -0.1) is 0 Å². The van der Waals surface area contributed by atoms with Crippen molar-refractivity contribution in [3.63, 3.8) is 0 Å². The number of nitrogens with zero attached hydrogens (tertiary/aromatic N) is 1. The van der Waals surface area contributed by atoms with Gasteiger partial charge in [0.25, 0.3) is 5.91 Å². The zero-order valence-electron chi connectivity index (χ0n) is 10.7. The van der Waals surface area contributed by atoms with Crippen molar-refractivity contribution < 1.29 is 23.6 Å². The zero-order valence-corrected chi connectivity index (χ0v) is 10.7. The van der Waals surface area contributed by atoms with Gasteiger partial charge in [0.05, 0.1) is 16.9 Å². The number of carbonyl (C=O) groups excluding carboxylic acids is 1. The predicted octanol–water partition coefficient (Wildman–Crippen LogP) is 2.38. The Morgan fingerprint density at radius 2 is 2.05 bits per heavy atom. The van der Waals surface area contributed by atoms with Gasteiger partial charge < -0.3 is 14.9 Å². The quantitative estimate of drug-likeness (QED) is 0.899. The number of rotatable bonds is 3. The van der Waals surface area contributed by atoms with E-state index in [4.69, 9.17) is 9.63 Å². The summed E-state index contributed by atoms with van der Waals surface area (Å²) in [4.78, 5) is 23.1. The number of aromatic carboxylic acids is 1. The SMILES string of the molecule is Cc1noc(C)c1C(=O)Nc1cc(F)ccc1C(=O)O. The lowest BCUT2D eigenvalue weighted by Gasteiger charge is -2.08. The summed E-state index contributed by atoms with van der Waals surface area (Å²) >= 11 is 0. The molecule has 0 spiro atoms. The summed E-state index contributed by atoms with van der Waals surface area (Å²) in [6.07, 6.45) is 0. The summed E-state index contributed by atoms with van der Waals surface area (Å²) in [6, 6.07) is 3.04. The third-order valence-corrected chi connectivity index (χ3v) is 2.72. The normalized spacial score (nSPS) is 10.3. The number of benzene rings is 1. The lowest BCUT2D eigenvalue weighted by molar-refractivity contribution is 0.0698. The fourth-order valence-electron chi connectivity index (χ4n) is 1.80. The van der Waals surface area contributed by atoms with Crippen LogP contribution in [0.15, 0.2) is 22.7 Å². The van der Waals surface area contributed by atoms with Crippen LogP contribution in [-0.4, -0.2) is 22.1 Å². The van der Waals surface area contributed by atoms with Crippen molar-refractivity contribution in [3.8, 4) is 0 Å². The van der Waals surface area contributed by atoms with Crippen LogP contribution in [0.2, 0.25) is 0 Å². The molecule has 0 aliphatic carbocycles. The number of aryl methyl sites for hydroxylation is 2. The van der Waals surface area contributed by atoms with E-state index in [9.17, 15) is 14.0 Å². The van der Waals surface area contributed by atoms with Gasteiger partial charge in [-0.25, -0.2) is 9.18 Å². The van der Waals surface area contributed by atoms with Crippen LogP contribution in [0.1, 0.15) is 32.2 Å². The van der Waals surface area contributed by atoms with Gasteiger partial charge in [0.1, 0.15) is 17.1 Å². The van der Waals surface area contributed by atoms with E-state index in [1.54, 1.807) is 13.8 Å². The van der Waals surface area contributed by atoms with E-state index >= 15 is 0 Å². The Labute approximate surface area is 113 Å². The Morgan fingerprint density at radius 3 is 2.60 bits per heavy atom. The number of nitrogens with one attached hydrogen (secondary N) is 1. The molecular weight excluding hydrogens is 267 g/mol. The standard InChI is InChI=1S/C13H11FN2O4/c1-6-11(7(2)20-16-6)12(17)15-10-5-8(14)3-4-9(10)13(18)19/h3-5H,1-2H3,(H,15,17)(H,18,19). The molecule has 1 amide bonds. The second-order valence-electron chi connectivity index (χ2n) is 4.15. The van der Waals surface area contributed by atoms with Crippen molar-refractivity contribution >= 4 is 17.6 Å². The smallest absolute Gasteiger partial charge is 0.337 e. The van der Waals surface area contributed by atoms with Crippen LogP contribution in [0.3, 0.4) is 0 Å². The Morgan fingerprint density at radius 1 is 1.35 bits per heavy atom. The summed E-state index contributed by atoms with van der Waals surface area (Å²) in [6.45, 7) is 3.13. The molecule has 1 aromatic carbocycles. The molecule has 7 heteroatoms. The van der Waals surface area contributed by atoms with Crippen LogP contribution in [-0.2, 0) is 0 Å². The molecule has 104 valence electrons. The summed E-state index contributed by atoms with van der Waals surface area (Å²) in [7, 11) is 0. The van der Waals surface area contributed by atoms with Gasteiger partial charge in [0.2, 0.25) is 0 Å². The monoisotopic (exact) mass is 278 g/mol. The highest BCUT2D eigenvalue weighted by Gasteiger charge is 2.20. The molecule has 20 heavy (non-hydrogen) atoms. The highest BCUT2D eigenvalue weighted by molar-refractivity contribution is 6.08. The second kappa shape index (κ2) is 5.12. The van der Waals surface area contributed by atoms with Crippen molar-refractivity contribution in [3.05, 3.63) is 46.6 Å². The number of aromatic nitrogens is 1. The number of hydrogen-bond donors (Lipinski definition) is 2. The number of anilines is 1. The number of amides is 1. The molecule has 6 nitrogen and oxygen atoms in total. The molecule has 1 aromatic heterocycles. The highest BCUT2D eigenvalue weighted by atomic mass is 19.1. The van der Waals surface area contributed by atoms with Crippen LogP contribution in [0.25, 0.3) is 0 Å². The summed E-state index contributed by atoms with van der Waals surface area (Å²) in [5.41, 5.74) is 0.243. The second-order valence-corrected chi connectivity index (χ2v) is 4.15. The lowest BCUT2D eigenvalue weighted by Crippen LogP contribution is -2.16. The van der Waals surface area contributed by atoms with Gasteiger partial charge in [0, 0.05) is 0 Å². The molecule has 1 heterocycles. The molecule has 0 radical (unpaired) electrons. The first-order chi connectivity index (χ1) is 9.40. The minimum atomic E-state index is -1.26. The molecule has 2 aromatic rings. The van der Waals surface area contributed by atoms with Crippen molar-refractivity contribution in [2.75, 3.05) is 5.32 Å². The summed E-state index contributed by atoms with van der Waals surface area (Å²) in [5, 5.41) is 15.0. The average Bonchev–Trinajstić information content (AvgIpc) is 2.68. The average molecular weight is 278 g/mol. The van der Waals surface area contributed by atoms with E-state index in [-0.39, 0.29) is 16.8 Å². The molecule has 0 fully saturated rings. The minimum Gasteiger partial charge on any atom is -0.478 e. The van der Waals surface area contributed by atoms with E-state index in [1.807, 2.05) is 0 Å². The van der Waals surface area contributed by atoms with Gasteiger partial charge in [-0.3, -0.25) is 4.79 Å². The molecule has 2 N–H and O–H groups in total. The molecule has 0 saturated carbocycles. The fraction of sp³-hybridized carbons (Fsp3) is 0.154. The van der Waals surface area contributed by atoms with Crippen LogP contribution in [0, 0.1) is 19.7 Å². The number of carbonyl (C=O) groups is 2. The maximum absolute atomic E-state index is 13.2. The molecular formula is C13H11FN2O4. The van der Waals surface area contributed by atoms with E-state index in [2.05, 4.69) is 10.5 Å². The third kappa shape index (κ3) is 2.51. The van der Waals surface area contributed by atoms with Gasteiger partial charge in [-0.1, -0.05) is 5.16 Å². The van der Waals surface area contributed by atoms with E-state index in [0.29, 0.717) is 11.5 Å². The maximum Gasteiger partial charge on any atom is 0.337 e. The predicted molar refractivity (Wildman–Crippen MR) is 67.3 cm³/mol. The van der Waals surface area contributed by atoms with Crippen molar-refractivity contribution in [1.29, 1.82) is 0 Å². The largest absolute Gasteiger partial charge is 0.478 e. The Bertz CT molecular complexity index is 674. The fourth-order valence-corrected chi connectivity index (χ4v) is 1.80. The Kier molecular flexibility index (Phi) is 3.51.